The second kappa shape index (κ2) is 9.37. The summed E-state index contributed by atoms with van der Waals surface area (Å²) in [7, 11) is 1.56. The Labute approximate surface area is 148 Å². The van der Waals surface area contributed by atoms with Crippen LogP contribution >= 0.6 is 0 Å². The third-order valence-electron chi connectivity index (χ3n) is 3.35. The number of hydrogen-bond donors (Lipinski definition) is 1. The highest BCUT2D eigenvalue weighted by Gasteiger charge is 2.06. The van der Waals surface area contributed by atoms with E-state index in [4.69, 9.17) is 14.2 Å². The standard InChI is InChI=1S/C20H23NO4/c1-4-24-17-10-6-15(7-11-17)8-13-20(22)21-16-9-12-18(25-5-2)19(14-16)23-3/h6-14H,4-5H2,1-3H3,(H,21,22)/b13-8+. The molecule has 0 heterocycles. The summed E-state index contributed by atoms with van der Waals surface area (Å²) in [6.45, 7) is 5.02. The van der Waals surface area contributed by atoms with E-state index in [1.165, 1.54) is 6.08 Å². The number of nitrogens with one attached hydrogen (secondary N) is 1. The molecule has 0 saturated heterocycles. The molecule has 0 aliphatic heterocycles. The number of ether oxygens (including phenoxy) is 3. The van der Waals surface area contributed by atoms with Crippen LogP contribution < -0.4 is 19.5 Å². The van der Waals surface area contributed by atoms with E-state index in [0.717, 1.165) is 11.3 Å². The van der Waals surface area contributed by atoms with Gasteiger partial charge in [-0.3, -0.25) is 4.79 Å². The van der Waals surface area contributed by atoms with Crippen LogP contribution in [-0.2, 0) is 4.79 Å². The van der Waals surface area contributed by atoms with Crippen LogP contribution in [0.25, 0.3) is 6.08 Å². The van der Waals surface area contributed by atoms with Crippen molar-refractivity contribution in [2.24, 2.45) is 0 Å². The zero-order chi connectivity index (χ0) is 18.1. The molecule has 25 heavy (non-hydrogen) atoms. The van der Waals surface area contributed by atoms with Gasteiger partial charge >= 0.3 is 0 Å². The molecule has 0 spiro atoms. The van der Waals surface area contributed by atoms with Gasteiger partial charge in [0.1, 0.15) is 5.75 Å². The van der Waals surface area contributed by atoms with Crippen molar-refractivity contribution in [3.8, 4) is 17.2 Å². The highest BCUT2D eigenvalue weighted by atomic mass is 16.5. The zero-order valence-electron chi connectivity index (χ0n) is 14.7. The molecular weight excluding hydrogens is 318 g/mol. The van der Waals surface area contributed by atoms with Crippen molar-refractivity contribution in [1.29, 1.82) is 0 Å². The number of carbonyl (C=O) groups excluding carboxylic acids is 1. The van der Waals surface area contributed by atoms with Crippen molar-refractivity contribution < 1.29 is 19.0 Å². The first kappa shape index (κ1) is 18.4. The van der Waals surface area contributed by atoms with Crippen LogP contribution in [0.5, 0.6) is 17.2 Å². The van der Waals surface area contributed by atoms with Crippen molar-refractivity contribution in [2.45, 2.75) is 13.8 Å². The maximum absolute atomic E-state index is 12.1. The molecule has 2 aromatic carbocycles. The number of methoxy groups -OCH3 is 1. The minimum atomic E-state index is -0.222. The summed E-state index contributed by atoms with van der Waals surface area (Å²) in [4.78, 5) is 12.1. The van der Waals surface area contributed by atoms with Gasteiger partial charge in [0.15, 0.2) is 11.5 Å². The average molecular weight is 341 g/mol. The summed E-state index contributed by atoms with van der Waals surface area (Å²) < 4.78 is 16.1. The molecule has 1 amide bonds. The summed E-state index contributed by atoms with van der Waals surface area (Å²) in [6.07, 6.45) is 3.23. The Morgan fingerprint density at radius 3 is 2.36 bits per heavy atom. The number of amides is 1. The highest BCUT2D eigenvalue weighted by Crippen LogP contribution is 2.30. The molecule has 2 rings (SSSR count). The third kappa shape index (κ3) is 5.57. The Hall–Kier alpha value is -2.95. The van der Waals surface area contributed by atoms with Crippen LogP contribution in [0.15, 0.2) is 48.5 Å². The first-order valence-corrected chi connectivity index (χ1v) is 8.19. The second-order valence-corrected chi connectivity index (χ2v) is 5.12. The minimum Gasteiger partial charge on any atom is -0.494 e. The predicted octanol–water partition coefficient (Wildman–Crippen LogP) is 4.14. The topological polar surface area (TPSA) is 56.8 Å². The van der Waals surface area contributed by atoms with E-state index >= 15 is 0 Å². The summed E-state index contributed by atoms with van der Waals surface area (Å²) >= 11 is 0. The van der Waals surface area contributed by atoms with Crippen LogP contribution in [0.2, 0.25) is 0 Å². The van der Waals surface area contributed by atoms with E-state index in [-0.39, 0.29) is 5.91 Å². The number of carbonyl (C=O) groups is 1. The Kier molecular flexibility index (Phi) is 6.89. The fourth-order valence-corrected chi connectivity index (χ4v) is 2.22. The molecule has 1 N–H and O–H groups in total. The minimum absolute atomic E-state index is 0.222. The van der Waals surface area contributed by atoms with E-state index in [2.05, 4.69) is 5.32 Å². The van der Waals surface area contributed by atoms with Gasteiger partial charge in [-0.15, -0.1) is 0 Å². The van der Waals surface area contributed by atoms with Gasteiger partial charge in [0, 0.05) is 17.8 Å². The van der Waals surface area contributed by atoms with Crippen LogP contribution in [0.1, 0.15) is 19.4 Å². The van der Waals surface area contributed by atoms with E-state index in [1.54, 1.807) is 31.4 Å². The molecule has 0 aromatic heterocycles. The van der Waals surface area contributed by atoms with Gasteiger partial charge in [0.25, 0.3) is 0 Å². The van der Waals surface area contributed by atoms with Crippen LogP contribution in [-0.4, -0.2) is 26.2 Å². The van der Waals surface area contributed by atoms with Gasteiger partial charge in [0.05, 0.1) is 20.3 Å². The average Bonchev–Trinajstić information content (AvgIpc) is 2.63. The lowest BCUT2D eigenvalue weighted by atomic mass is 10.2. The number of anilines is 1. The van der Waals surface area contributed by atoms with Gasteiger partial charge in [-0.1, -0.05) is 12.1 Å². The Morgan fingerprint density at radius 2 is 1.72 bits per heavy atom. The molecule has 0 aliphatic rings. The monoisotopic (exact) mass is 341 g/mol. The molecule has 0 fully saturated rings. The first-order chi connectivity index (χ1) is 12.2. The van der Waals surface area contributed by atoms with E-state index < -0.39 is 0 Å². The molecule has 2 aromatic rings. The highest BCUT2D eigenvalue weighted by molar-refractivity contribution is 6.02. The Morgan fingerprint density at radius 1 is 1.00 bits per heavy atom. The van der Waals surface area contributed by atoms with Gasteiger partial charge < -0.3 is 19.5 Å². The fraction of sp³-hybridized carbons (Fsp3) is 0.250. The number of rotatable bonds is 8. The Bertz CT molecular complexity index is 723. The normalized spacial score (nSPS) is 10.5. The van der Waals surface area contributed by atoms with Crippen molar-refractivity contribution in [3.63, 3.8) is 0 Å². The van der Waals surface area contributed by atoms with Crippen LogP contribution in [0.4, 0.5) is 5.69 Å². The van der Waals surface area contributed by atoms with Crippen molar-refractivity contribution in [2.75, 3.05) is 25.6 Å². The quantitative estimate of drug-likeness (QED) is 0.733. The molecule has 0 saturated carbocycles. The molecule has 0 radical (unpaired) electrons. The van der Waals surface area contributed by atoms with E-state index in [1.807, 2.05) is 38.1 Å². The molecule has 132 valence electrons. The fourth-order valence-electron chi connectivity index (χ4n) is 2.22. The summed E-state index contributed by atoms with van der Waals surface area (Å²) in [5.41, 5.74) is 1.56. The Balaban J connectivity index is 1.99. The van der Waals surface area contributed by atoms with Crippen molar-refractivity contribution >= 4 is 17.7 Å². The largest absolute Gasteiger partial charge is 0.494 e. The van der Waals surface area contributed by atoms with Crippen molar-refractivity contribution in [3.05, 3.63) is 54.1 Å². The zero-order valence-corrected chi connectivity index (χ0v) is 14.7. The lowest BCUT2D eigenvalue weighted by molar-refractivity contribution is -0.111. The summed E-state index contributed by atoms with van der Waals surface area (Å²) in [5, 5.41) is 2.80. The molecule has 0 aliphatic carbocycles. The lowest BCUT2D eigenvalue weighted by Gasteiger charge is -2.11. The molecular formula is C20H23NO4. The molecule has 5 heteroatoms. The van der Waals surface area contributed by atoms with Gasteiger partial charge in [-0.25, -0.2) is 0 Å². The maximum Gasteiger partial charge on any atom is 0.248 e. The summed E-state index contributed by atoms with van der Waals surface area (Å²) in [5.74, 6) is 1.81. The van der Waals surface area contributed by atoms with Crippen molar-refractivity contribution in [1.82, 2.24) is 0 Å². The first-order valence-electron chi connectivity index (χ1n) is 8.19. The van der Waals surface area contributed by atoms with E-state index in [9.17, 15) is 4.79 Å². The molecule has 0 atom stereocenters. The smallest absolute Gasteiger partial charge is 0.248 e. The van der Waals surface area contributed by atoms with Gasteiger partial charge in [0.2, 0.25) is 5.91 Å². The SMILES string of the molecule is CCOc1ccc(/C=C/C(=O)Nc2ccc(OCC)c(OC)c2)cc1. The summed E-state index contributed by atoms with van der Waals surface area (Å²) in [6, 6.07) is 12.8. The maximum atomic E-state index is 12.1. The molecule has 5 nitrogen and oxygen atoms in total. The molecule has 0 bridgehead atoms. The number of hydrogen-bond acceptors (Lipinski definition) is 4. The van der Waals surface area contributed by atoms with Gasteiger partial charge in [-0.2, -0.15) is 0 Å². The van der Waals surface area contributed by atoms with Crippen LogP contribution in [0.3, 0.4) is 0 Å². The van der Waals surface area contributed by atoms with Crippen LogP contribution in [0, 0.1) is 0 Å². The number of benzene rings is 2. The molecule has 0 unspecified atom stereocenters. The second-order valence-electron chi connectivity index (χ2n) is 5.12. The van der Waals surface area contributed by atoms with E-state index in [0.29, 0.717) is 30.4 Å². The predicted molar refractivity (Wildman–Crippen MR) is 99.4 cm³/mol. The third-order valence-corrected chi connectivity index (χ3v) is 3.35. The lowest BCUT2D eigenvalue weighted by Crippen LogP contribution is -2.08. The van der Waals surface area contributed by atoms with Gasteiger partial charge in [-0.05, 0) is 49.8 Å².